The summed E-state index contributed by atoms with van der Waals surface area (Å²) in [5.74, 6) is 0. The lowest BCUT2D eigenvalue weighted by molar-refractivity contribution is 1.64. The lowest BCUT2D eigenvalue weighted by Crippen LogP contribution is -1.80. The Morgan fingerprint density at radius 1 is 0.450 bits per heavy atom. The van der Waals surface area contributed by atoms with E-state index >= 15 is 0 Å². The van der Waals surface area contributed by atoms with Crippen LogP contribution in [-0.2, 0) is 0 Å². The molecule has 0 unspecified atom stereocenters. The molecular formula is C14H6Cl6. The van der Waals surface area contributed by atoms with Crippen LogP contribution in [0.3, 0.4) is 0 Å². The van der Waals surface area contributed by atoms with E-state index in [4.69, 9.17) is 69.6 Å². The second kappa shape index (κ2) is 6.79. The topological polar surface area (TPSA) is 0 Å². The van der Waals surface area contributed by atoms with Crippen LogP contribution < -0.4 is 0 Å². The Hall–Kier alpha value is -0.0800. The van der Waals surface area contributed by atoms with E-state index in [0.717, 1.165) is 11.1 Å². The van der Waals surface area contributed by atoms with Crippen LogP contribution >= 0.6 is 69.6 Å². The van der Waals surface area contributed by atoms with Crippen LogP contribution in [0.2, 0.25) is 30.1 Å². The van der Waals surface area contributed by atoms with Gasteiger partial charge in [0, 0.05) is 10.0 Å². The highest BCUT2D eigenvalue weighted by molar-refractivity contribution is 6.44. The molecule has 0 aromatic heterocycles. The molecule has 0 N–H and O–H groups in total. The monoisotopic (exact) mass is 384 g/mol. The van der Waals surface area contributed by atoms with Gasteiger partial charge in [-0.15, -0.1) is 0 Å². The summed E-state index contributed by atoms with van der Waals surface area (Å²) in [5, 5.41) is 2.65. The first-order valence-corrected chi connectivity index (χ1v) is 7.62. The van der Waals surface area contributed by atoms with Crippen molar-refractivity contribution in [3.05, 3.63) is 65.5 Å². The Bertz CT molecular complexity index is 631. The molecule has 0 amide bonds. The van der Waals surface area contributed by atoms with Gasteiger partial charge in [-0.25, -0.2) is 0 Å². The molecule has 2 aromatic rings. The quantitative estimate of drug-likeness (QED) is 0.365. The first kappa shape index (κ1) is 16.3. The summed E-state index contributed by atoms with van der Waals surface area (Å²) >= 11 is 35.8. The molecule has 0 saturated carbocycles. The van der Waals surface area contributed by atoms with E-state index in [9.17, 15) is 0 Å². The van der Waals surface area contributed by atoms with Gasteiger partial charge in [-0.05, 0) is 35.4 Å². The van der Waals surface area contributed by atoms with Crippen molar-refractivity contribution in [2.45, 2.75) is 0 Å². The van der Waals surface area contributed by atoms with Crippen molar-refractivity contribution in [1.82, 2.24) is 0 Å². The molecule has 0 aliphatic rings. The second-order valence-electron chi connectivity index (χ2n) is 3.91. The van der Waals surface area contributed by atoms with Crippen LogP contribution in [0.25, 0.3) is 12.2 Å². The molecule has 6 heteroatoms. The summed E-state index contributed by atoms with van der Waals surface area (Å²) in [5.41, 5.74) is 1.45. The predicted octanol–water partition coefficient (Wildman–Crippen LogP) is 7.78. The Morgan fingerprint density at radius 3 is 1.10 bits per heavy atom. The zero-order valence-electron chi connectivity index (χ0n) is 9.73. The molecule has 0 heterocycles. The highest BCUT2D eigenvalue weighted by atomic mass is 35.5. The van der Waals surface area contributed by atoms with E-state index in [2.05, 4.69) is 0 Å². The fourth-order valence-electron chi connectivity index (χ4n) is 1.51. The van der Waals surface area contributed by atoms with Gasteiger partial charge in [0.2, 0.25) is 0 Å². The summed E-state index contributed by atoms with van der Waals surface area (Å²) in [6, 6.07) is 6.52. The minimum Gasteiger partial charge on any atom is -0.0836 e. The van der Waals surface area contributed by atoms with Crippen LogP contribution in [0.15, 0.2) is 24.3 Å². The van der Waals surface area contributed by atoms with Crippen molar-refractivity contribution in [3.63, 3.8) is 0 Å². The molecule has 0 fully saturated rings. The molecule has 2 aromatic carbocycles. The number of benzene rings is 2. The van der Waals surface area contributed by atoms with Crippen molar-refractivity contribution in [1.29, 1.82) is 0 Å². The van der Waals surface area contributed by atoms with Crippen LogP contribution in [-0.4, -0.2) is 0 Å². The summed E-state index contributed by atoms with van der Waals surface area (Å²) in [4.78, 5) is 0. The van der Waals surface area contributed by atoms with Gasteiger partial charge in [0.1, 0.15) is 0 Å². The van der Waals surface area contributed by atoms with Crippen LogP contribution in [0.4, 0.5) is 0 Å². The van der Waals surface area contributed by atoms with E-state index in [0.29, 0.717) is 30.1 Å². The van der Waals surface area contributed by atoms with E-state index in [1.165, 1.54) is 0 Å². The smallest absolute Gasteiger partial charge is 0.0607 e. The first-order chi connectivity index (χ1) is 9.38. The van der Waals surface area contributed by atoms with Gasteiger partial charge in [-0.1, -0.05) is 81.8 Å². The average molecular weight is 387 g/mol. The highest BCUT2D eigenvalue weighted by Gasteiger charge is 2.06. The van der Waals surface area contributed by atoms with Gasteiger partial charge < -0.3 is 0 Å². The molecule has 104 valence electrons. The molecule has 0 aliphatic carbocycles. The summed E-state index contributed by atoms with van der Waals surface area (Å²) in [6.45, 7) is 0. The lowest BCUT2D eigenvalue weighted by atomic mass is 10.1. The van der Waals surface area contributed by atoms with Gasteiger partial charge >= 0.3 is 0 Å². The Morgan fingerprint density at radius 2 is 0.750 bits per heavy atom. The molecule has 0 atom stereocenters. The molecular weight excluding hydrogens is 381 g/mol. The maximum absolute atomic E-state index is 6.09. The van der Waals surface area contributed by atoms with Crippen LogP contribution in [0.1, 0.15) is 11.1 Å². The van der Waals surface area contributed by atoms with Crippen molar-refractivity contribution in [2.75, 3.05) is 0 Å². The number of halogens is 6. The predicted molar refractivity (Wildman–Crippen MR) is 91.9 cm³/mol. The Kier molecular flexibility index (Phi) is 5.53. The van der Waals surface area contributed by atoms with E-state index < -0.39 is 0 Å². The molecule has 0 nitrogen and oxygen atoms in total. The molecule has 2 rings (SSSR count). The molecule has 0 saturated heterocycles. The maximum atomic E-state index is 6.09. The standard InChI is InChI=1S/C14H6Cl6/c15-9-5-13(19)11(17)3-7(9)1-2-8-4-12(18)14(20)6-10(8)16/h1-6H/b2-1+. The van der Waals surface area contributed by atoms with Crippen molar-refractivity contribution in [3.8, 4) is 0 Å². The zero-order chi connectivity index (χ0) is 14.9. The van der Waals surface area contributed by atoms with Gasteiger partial charge in [0.15, 0.2) is 0 Å². The lowest BCUT2D eigenvalue weighted by Gasteiger charge is -2.04. The fraction of sp³-hybridized carbons (Fsp3) is 0. The van der Waals surface area contributed by atoms with Crippen LogP contribution in [0, 0.1) is 0 Å². The molecule has 0 spiro atoms. The van der Waals surface area contributed by atoms with Crippen molar-refractivity contribution >= 4 is 81.8 Å². The van der Waals surface area contributed by atoms with E-state index in [1.807, 2.05) is 0 Å². The van der Waals surface area contributed by atoms with Gasteiger partial charge in [0.05, 0.1) is 20.1 Å². The minimum atomic E-state index is 0.404. The number of rotatable bonds is 2. The minimum absolute atomic E-state index is 0.404. The molecule has 0 bridgehead atoms. The van der Waals surface area contributed by atoms with E-state index in [1.54, 1.807) is 36.4 Å². The summed E-state index contributed by atoms with van der Waals surface area (Å²) in [7, 11) is 0. The summed E-state index contributed by atoms with van der Waals surface area (Å²) in [6.07, 6.45) is 3.55. The molecule has 0 aliphatic heterocycles. The van der Waals surface area contributed by atoms with Crippen LogP contribution in [0.5, 0.6) is 0 Å². The van der Waals surface area contributed by atoms with E-state index in [-0.39, 0.29) is 0 Å². The third-order valence-electron chi connectivity index (χ3n) is 2.52. The third-order valence-corrected chi connectivity index (χ3v) is 4.62. The fourth-order valence-corrected chi connectivity index (χ4v) is 2.75. The third kappa shape index (κ3) is 3.76. The highest BCUT2D eigenvalue weighted by Crippen LogP contribution is 2.32. The summed E-state index contributed by atoms with van der Waals surface area (Å²) < 4.78 is 0. The largest absolute Gasteiger partial charge is 0.0836 e. The normalized spacial score (nSPS) is 11.3. The van der Waals surface area contributed by atoms with Gasteiger partial charge in [0.25, 0.3) is 0 Å². The molecule has 0 radical (unpaired) electrons. The van der Waals surface area contributed by atoms with Gasteiger partial charge in [-0.3, -0.25) is 0 Å². The maximum Gasteiger partial charge on any atom is 0.0607 e. The average Bonchev–Trinajstić information content (AvgIpc) is 2.37. The first-order valence-electron chi connectivity index (χ1n) is 5.35. The number of hydrogen-bond donors (Lipinski definition) is 0. The second-order valence-corrected chi connectivity index (χ2v) is 6.35. The van der Waals surface area contributed by atoms with Gasteiger partial charge in [-0.2, -0.15) is 0 Å². The van der Waals surface area contributed by atoms with Crippen molar-refractivity contribution < 1.29 is 0 Å². The number of hydrogen-bond acceptors (Lipinski definition) is 0. The zero-order valence-corrected chi connectivity index (χ0v) is 14.3. The Labute approximate surface area is 146 Å². The SMILES string of the molecule is Clc1cc(Cl)c(/C=C/c2cc(Cl)c(Cl)cc2Cl)cc1Cl. The Balaban J connectivity index is 2.39. The van der Waals surface area contributed by atoms with Crippen molar-refractivity contribution in [2.24, 2.45) is 0 Å². The molecule has 20 heavy (non-hydrogen) atoms.